The normalized spacial score (nSPS) is 12.1. The minimum absolute atomic E-state index is 0.0842. The molecule has 0 heterocycles. The second-order valence-electron chi connectivity index (χ2n) is 4.83. The summed E-state index contributed by atoms with van der Waals surface area (Å²) in [5.41, 5.74) is 8.70. The van der Waals surface area contributed by atoms with Gasteiger partial charge in [-0.1, -0.05) is 52.0 Å². The molecule has 0 aliphatic heterocycles. The Hall–Kier alpha value is -0.820. The molecule has 0 saturated heterocycles. The average Bonchev–Trinajstić information content (AvgIpc) is 2.18. The van der Waals surface area contributed by atoms with Gasteiger partial charge in [0.25, 0.3) is 0 Å². The summed E-state index contributed by atoms with van der Waals surface area (Å²) in [5, 5.41) is 0. The molecule has 1 nitrogen and oxygen atoms in total. The number of benzene rings is 1. The van der Waals surface area contributed by atoms with Gasteiger partial charge in [-0.3, -0.25) is 0 Å². The van der Waals surface area contributed by atoms with Crippen LogP contribution in [0.1, 0.15) is 44.7 Å². The molecule has 0 aliphatic carbocycles. The van der Waals surface area contributed by atoms with Gasteiger partial charge >= 0.3 is 0 Å². The van der Waals surface area contributed by atoms with Crippen LogP contribution in [0.2, 0.25) is 0 Å². The van der Waals surface area contributed by atoms with Crippen molar-refractivity contribution in [1.82, 2.24) is 0 Å². The summed E-state index contributed by atoms with van der Waals surface area (Å²) in [5.74, 6) is 0.567. The van der Waals surface area contributed by atoms with Crippen molar-refractivity contribution in [3.8, 4) is 0 Å². The lowest BCUT2D eigenvalue weighted by Crippen LogP contribution is -2.29. The smallest absolute Gasteiger partial charge is 0.00219 e. The van der Waals surface area contributed by atoms with E-state index in [9.17, 15) is 0 Å². The molecule has 0 amide bonds. The van der Waals surface area contributed by atoms with Crippen LogP contribution in [0.25, 0.3) is 0 Å². The molecule has 1 aromatic carbocycles. The molecule has 0 aliphatic rings. The monoisotopic (exact) mass is 191 g/mol. The summed E-state index contributed by atoms with van der Waals surface area (Å²) < 4.78 is 0. The van der Waals surface area contributed by atoms with E-state index in [4.69, 9.17) is 5.73 Å². The van der Waals surface area contributed by atoms with Gasteiger partial charge in [-0.25, -0.2) is 0 Å². The van der Waals surface area contributed by atoms with E-state index in [1.54, 1.807) is 0 Å². The van der Waals surface area contributed by atoms with E-state index in [0.717, 1.165) is 0 Å². The molecule has 0 bridgehead atoms. The fourth-order valence-corrected chi connectivity index (χ4v) is 1.73. The van der Waals surface area contributed by atoms with Crippen LogP contribution in [0, 0.1) is 0 Å². The van der Waals surface area contributed by atoms with Crippen LogP contribution in [0.15, 0.2) is 24.3 Å². The molecule has 1 aromatic rings. The maximum atomic E-state index is 5.81. The largest absolute Gasteiger partial charge is 0.330 e. The summed E-state index contributed by atoms with van der Waals surface area (Å²) in [7, 11) is 0. The summed E-state index contributed by atoms with van der Waals surface area (Å²) in [6, 6.07) is 8.60. The molecule has 0 fully saturated rings. The standard InChI is InChI=1S/C13H21N/c1-10(2)11-7-5-6-8-12(11)13(3,4)9-14/h5-8,10H,9,14H2,1-4H3. The Labute approximate surface area is 87.3 Å². The Morgan fingerprint density at radius 2 is 1.79 bits per heavy atom. The number of rotatable bonds is 3. The molecule has 0 spiro atoms. The van der Waals surface area contributed by atoms with Crippen molar-refractivity contribution in [1.29, 1.82) is 0 Å². The SMILES string of the molecule is CC(C)c1ccccc1C(C)(C)CN. The van der Waals surface area contributed by atoms with Crippen LogP contribution in [-0.2, 0) is 5.41 Å². The first kappa shape index (κ1) is 11.3. The number of nitrogens with two attached hydrogens (primary N) is 1. The highest BCUT2D eigenvalue weighted by molar-refractivity contribution is 5.35. The molecule has 0 radical (unpaired) electrons. The molecule has 0 aromatic heterocycles. The van der Waals surface area contributed by atoms with Crippen LogP contribution >= 0.6 is 0 Å². The van der Waals surface area contributed by atoms with E-state index in [1.807, 2.05) is 0 Å². The third-order valence-corrected chi connectivity index (χ3v) is 2.82. The molecule has 1 heteroatoms. The van der Waals surface area contributed by atoms with Crippen molar-refractivity contribution in [3.05, 3.63) is 35.4 Å². The molecular formula is C13H21N. The van der Waals surface area contributed by atoms with Crippen molar-refractivity contribution < 1.29 is 0 Å². The van der Waals surface area contributed by atoms with Gasteiger partial charge in [0.2, 0.25) is 0 Å². The maximum absolute atomic E-state index is 5.81. The first-order chi connectivity index (χ1) is 6.49. The number of hydrogen-bond donors (Lipinski definition) is 1. The molecule has 1 rings (SSSR count). The second kappa shape index (κ2) is 4.14. The Balaban J connectivity index is 3.20. The minimum atomic E-state index is 0.0842. The van der Waals surface area contributed by atoms with Crippen molar-refractivity contribution in [3.63, 3.8) is 0 Å². The lowest BCUT2D eigenvalue weighted by Gasteiger charge is -2.27. The van der Waals surface area contributed by atoms with Gasteiger partial charge in [-0.15, -0.1) is 0 Å². The third-order valence-electron chi connectivity index (χ3n) is 2.82. The first-order valence-electron chi connectivity index (χ1n) is 5.28. The highest BCUT2D eigenvalue weighted by Gasteiger charge is 2.22. The van der Waals surface area contributed by atoms with Gasteiger partial charge in [-0.2, -0.15) is 0 Å². The van der Waals surface area contributed by atoms with Gasteiger partial charge < -0.3 is 5.73 Å². The topological polar surface area (TPSA) is 26.0 Å². The lowest BCUT2D eigenvalue weighted by atomic mass is 9.79. The predicted octanol–water partition coefficient (Wildman–Crippen LogP) is 3.05. The third kappa shape index (κ3) is 2.16. The van der Waals surface area contributed by atoms with E-state index in [1.165, 1.54) is 11.1 Å². The van der Waals surface area contributed by atoms with Crippen LogP contribution in [0.5, 0.6) is 0 Å². The average molecular weight is 191 g/mol. The second-order valence-corrected chi connectivity index (χ2v) is 4.83. The Bertz CT molecular complexity index is 300. The van der Waals surface area contributed by atoms with Gasteiger partial charge in [0.15, 0.2) is 0 Å². The van der Waals surface area contributed by atoms with E-state index < -0.39 is 0 Å². The molecule has 0 saturated carbocycles. The fraction of sp³-hybridized carbons (Fsp3) is 0.538. The van der Waals surface area contributed by atoms with Gasteiger partial charge in [0, 0.05) is 12.0 Å². The molecule has 78 valence electrons. The highest BCUT2D eigenvalue weighted by atomic mass is 14.6. The summed E-state index contributed by atoms with van der Waals surface area (Å²) in [6.07, 6.45) is 0. The summed E-state index contributed by atoms with van der Waals surface area (Å²) in [4.78, 5) is 0. The molecule has 0 atom stereocenters. The molecule has 2 N–H and O–H groups in total. The quantitative estimate of drug-likeness (QED) is 0.780. The van der Waals surface area contributed by atoms with Crippen LogP contribution in [-0.4, -0.2) is 6.54 Å². The van der Waals surface area contributed by atoms with Crippen molar-refractivity contribution in [2.45, 2.75) is 39.0 Å². The van der Waals surface area contributed by atoms with Crippen molar-refractivity contribution in [2.75, 3.05) is 6.54 Å². The fourth-order valence-electron chi connectivity index (χ4n) is 1.73. The van der Waals surface area contributed by atoms with Gasteiger partial charge in [-0.05, 0) is 17.0 Å². The maximum Gasteiger partial charge on any atom is 0.00219 e. The van der Waals surface area contributed by atoms with Gasteiger partial charge in [0.1, 0.15) is 0 Å². The molecular weight excluding hydrogens is 170 g/mol. The highest BCUT2D eigenvalue weighted by Crippen LogP contribution is 2.29. The first-order valence-corrected chi connectivity index (χ1v) is 5.28. The van der Waals surface area contributed by atoms with E-state index in [-0.39, 0.29) is 5.41 Å². The Kier molecular flexibility index (Phi) is 3.33. The van der Waals surface area contributed by atoms with Gasteiger partial charge in [0.05, 0.1) is 0 Å². The van der Waals surface area contributed by atoms with Crippen molar-refractivity contribution in [2.24, 2.45) is 5.73 Å². The Morgan fingerprint density at radius 3 is 2.29 bits per heavy atom. The van der Waals surface area contributed by atoms with E-state index in [2.05, 4.69) is 52.0 Å². The zero-order valence-electron chi connectivity index (χ0n) is 9.67. The summed E-state index contributed by atoms with van der Waals surface area (Å²) in [6.45, 7) is 9.55. The van der Waals surface area contributed by atoms with E-state index >= 15 is 0 Å². The van der Waals surface area contributed by atoms with Crippen LogP contribution in [0.3, 0.4) is 0 Å². The predicted molar refractivity (Wildman–Crippen MR) is 62.6 cm³/mol. The zero-order valence-corrected chi connectivity index (χ0v) is 9.67. The number of hydrogen-bond acceptors (Lipinski definition) is 1. The van der Waals surface area contributed by atoms with E-state index in [0.29, 0.717) is 12.5 Å². The molecule has 0 unspecified atom stereocenters. The zero-order chi connectivity index (χ0) is 10.8. The molecule has 14 heavy (non-hydrogen) atoms. The van der Waals surface area contributed by atoms with Crippen LogP contribution < -0.4 is 5.73 Å². The Morgan fingerprint density at radius 1 is 1.21 bits per heavy atom. The minimum Gasteiger partial charge on any atom is -0.330 e. The van der Waals surface area contributed by atoms with Crippen LogP contribution in [0.4, 0.5) is 0 Å². The van der Waals surface area contributed by atoms with Crippen molar-refractivity contribution >= 4 is 0 Å². The lowest BCUT2D eigenvalue weighted by molar-refractivity contribution is 0.529. The summed E-state index contributed by atoms with van der Waals surface area (Å²) >= 11 is 0.